The number of halogens is 1. The standard InChI is InChI=1S/C16H19FN2OS/c1-12-11-21-16(20)19(12)9-8-18-7-3-6-15(18)13-4-2-5-14(17)10-13/h2,4-5,10-11,15H,3,6-9H2,1H3/t15-/m0/s1. The molecule has 0 unspecified atom stereocenters. The van der Waals surface area contributed by atoms with E-state index in [1.54, 1.807) is 12.1 Å². The molecule has 0 bridgehead atoms. The Hall–Kier alpha value is -1.46. The average Bonchev–Trinajstić information content (AvgIpc) is 3.05. The predicted molar refractivity (Wildman–Crippen MR) is 83.3 cm³/mol. The molecule has 2 aromatic rings. The second-order valence-electron chi connectivity index (χ2n) is 5.54. The highest BCUT2D eigenvalue weighted by Crippen LogP contribution is 2.31. The second kappa shape index (κ2) is 6.12. The Bertz CT molecular complexity index is 679. The van der Waals surface area contributed by atoms with Crippen molar-refractivity contribution in [1.29, 1.82) is 0 Å². The van der Waals surface area contributed by atoms with Crippen LogP contribution in [0.2, 0.25) is 0 Å². The summed E-state index contributed by atoms with van der Waals surface area (Å²) < 4.78 is 15.2. The number of rotatable bonds is 4. The van der Waals surface area contributed by atoms with E-state index in [0.29, 0.717) is 6.54 Å². The largest absolute Gasteiger partial charge is 0.307 e. The highest BCUT2D eigenvalue weighted by Gasteiger charge is 2.26. The number of likely N-dealkylation sites (tertiary alicyclic amines) is 1. The Kier molecular flexibility index (Phi) is 4.22. The lowest BCUT2D eigenvalue weighted by molar-refractivity contribution is 0.245. The molecule has 0 aliphatic carbocycles. The summed E-state index contributed by atoms with van der Waals surface area (Å²) in [5, 5.41) is 1.90. The first-order valence-corrected chi connectivity index (χ1v) is 8.17. The zero-order chi connectivity index (χ0) is 14.8. The summed E-state index contributed by atoms with van der Waals surface area (Å²) in [7, 11) is 0. The fourth-order valence-corrected chi connectivity index (χ4v) is 3.85. The molecule has 0 spiro atoms. The summed E-state index contributed by atoms with van der Waals surface area (Å²) in [5.74, 6) is -0.177. The third-order valence-electron chi connectivity index (χ3n) is 4.18. The summed E-state index contributed by atoms with van der Waals surface area (Å²) in [6, 6.07) is 7.15. The van der Waals surface area contributed by atoms with Crippen LogP contribution >= 0.6 is 11.3 Å². The number of benzene rings is 1. The summed E-state index contributed by atoms with van der Waals surface area (Å²) in [5.41, 5.74) is 2.06. The Morgan fingerprint density at radius 3 is 2.95 bits per heavy atom. The van der Waals surface area contributed by atoms with Crippen LogP contribution < -0.4 is 4.87 Å². The number of aryl methyl sites for hydroxylation is 1. The van der Waals surface area contributed by atoms with E-state index in [2.05, 4.69) is 4.90 Å². The monoisotopic (exact) mass is 306 g/mol. The molecule has 1 aromatic carbocycles. The van der Waals surface area contributed by atoms with Gasteiger partial charge in [0.25, 0.3) is 0 Å². The van der Waals surface area contributed by atoms with Gasteiger partial charge in [-0.25, -0.2) is 4.39 Å². The molecule has 3 rings (SSSR count). The highest BCUT2D eigenvalue weighted by atomic mass is 32.1. The van der Waals surface area contributed by atoms with Crippen LogP contribution in [0.4, 0.5) is 4.39 Å². The number of thiazole rings is 1. The molecule has 1 atom stereocenters. The van der Waals surface area contributed by atoms with Gasteiger partial charge in [0, 0.05) is 30.2 Å². The van der Waals surface area contributed by atoms with Gasteiger partial charge in [-0.3, -0.25) is 9.69 Å². The summed E-state index contributed by atoms with van der Waals surface area (Å²) in [4.78, 5) is 14.2. The van der Waals surface area contributed by atoms with Crippen molar-refractivity contribution in [2.24, 2.45) is 0 Å². The van der Waals surface area contributed by atoms with Crippen molar-refractivity contribution in [3.05, 3.63) is 56.4 Å². The maximum absolute atomic E-state index is 13.4. The smallest absolute Gasteiger partial charge is 0.302 e. The van der Waals surface area contributed by atoms with Gasteiger partial charge in [-0.05, 0) is 44.0 Å². The second-order valence-corrected chi connectivity index (χ2v) is 6.36. The molecule has 1 aliphatic heterocycles. The van der Waals surface area contributed by atoms with Crippen molar-refractivity contribution in [3.8, 4) is 0 Å². The Balaban J connectivity index is 1.72. The summed E-state index contributed by atoms with van der Waals surface area (Å²) in [6.45, 7) is 4.52. The first kappa shape index (κ1) is 14.5. The first-order valence-electron chi connectivity index (χ1n) is 7.29. The van der Waals surface area contributed by atoms with Gasteiger partial charge < -0.3 is 4.57 Å². The maximum Gasteiger partial charge on any atom is 0.307 e. The topological polar surface area (TPSA) is 25.2 Å². The Labute approximate surface area is 127 Å². The predicted octanol–water partition coefficient (Wildman–Crippen LogP) is 3.19. The lowest BCUT2D eigenvalue weighted by Gasteiger charge is -2.25. The molecule has 0 radical (unpaired) electrons. The number of hydrogen-bond donors (Lipinski definition) is 0. The van der Waals surface area contributed by atoms with E-state index in [1.807, 2.05) is 22.9 Å². The van der Waals surface area contributed by atoms with E-state index in [4.69, 9.17) is 0 Å². The van der Waals surface area contributed by atoms with Crippen molar-refractivity contribution in [1.82, 2.24) is 9.47 Å². The van der Waals surface area contributed by atoms with Crippen LogP contribution in [0.15, 0.2) is 34.4 Å². The average molecular weight is 306 g/mol. The molecule has 0 amide bonds. The van der Waals surface area contributed by atoms with Crippen molar-refractivity contribution >= 4 is 11.3 Å². The molecular formula is C16H19FN2OS. The zero-order valence-electron chi connectivity index (χ0n) is 12.1. The van der Waals surface area contributed by atoms with Crippen molar-refractivity contribution < 1.29 is 4.39 Å². The van der Waals surface area contributed by atoms with Crippen molar-refractivity contribution in [3.63, 3.8) is 0 Å². The molecule has 2 heterocycles. The molecule has 1 saturated heterocycles. The molecule has 1 fully saturated rings. The molecular weight excluding hydrogens is 287 g/mol. The van der Waals surface area contributed by atoms with Gasteiger partial charge >= 0.3 is 4.87 Å². The summed E-state index contributed by atoms with van der Waals surface area (Å²) in [6.07, 6.45) is 2.18. The van der Waals surface area contributed by atoms with Crippen LogP contribution in [0, 0.1) is 12.7 Å². The van der Waals surface area contributed by atoms with Gasteiger partial charge in [0.15, 0.2) is 0 Å². The third kappa shape index (κ3) is 3.09. The minimum Gasteiger partial charge on any atom is -0.302 e. The molecule has 0 N–H and O–H groups in total. The van der Waals surface area contributed by atoms with Crippen molar-refractivity contribution in [2.45, 2.75) is 32.4 Å². The van der Waals surface area contributed by atoms with Crippen LogP contribution in [0.1, 0.15) is 30.1 Å². The minimum atomic E-state index is -0.177. The highest BCUT2D eigenvalue weighted by molar-refractivity contribution is 7.07. The molecule has 3 nitrogen and oxygen atoms in total. The van der Waals surface area contributed by atoms with Gasteiger partial charge in [-0.15, -0.1) is 0 Å². The van der Waals surface area contributed by atoms with Gasteiger partial charge in [-0.2, -0.15) is 0 Å². The Morgan fingerprint density at radius 2 is 2.24 bits per heavy atom. The molecule has 112 valence electrons. The fraction of sp³-hybridized carbons (Fsp3) is 0.438. The third-order valence-corrected chi connectivity index (χ3v) is 5.07. The van der Waals surface area contributed by atoms with E-state index >= 15 is 0 Å². The van der Waals surface area contributed by atoms with Gasteiger partial charge in [0.05, 0.1) is 0 Å². The van der Waals surface area contributed by atoms with Crippen LogP contribution in [-0.4, -0.2) is 22.6 Å². The quantitative estimate of drug-likeness (QED) is 0.867. The van der Waals surface area contributed by atoms with Crippen LogP contribution in [-0.2, 0) is 6.54 Å². The molecule has 0 saturated carbocycles. The molecule has 5 heteroatoms. The molecule has 1 aromatic heterocycles. The van der Waals surface area contributed by atoms with E-state index in [1.165, 1.54) is 17.4 Å². The fourth-order valence-electron chi connectivity index (χ4n) is 3.09. The van der Waals surface area contributed by atoms with E-state index in [9.17, 15) is 9.18 Å². The SMILES string of the molecule is Cc1csc(=O)n1CCN1CCC[C@H]1c1cccc(F)c1. The summed E-state index contributed by atoms with van der Waals surface area (Å²) >= 11 is 1.25. The molecule has 1 aliphatic rings. The number of nitrogens with zero attached hydrogens (tertiary/aromatic N) is 2. The van der Waals surface area contributed by atoms with E-state index in [0.717, 1.165) is 37.2 Å². The number of hydrogen-bond acceptors (Lipinski definition) is 3. The van der Waals surface area contributed by atoms with Gasteiger partial charge in [0.1, 0.15) is 5.82 Å². The Morgan fingerprint density at radius 1 is 1.38 bits per heavy atom. The lowest BCUT2D eigenvalue weighted by Crippen LogP contribution is -2.29. The van der Waals surface area contributed by atoms with Crippen molar-refractivity contribution in [2.75, 3.05) is 13.1 Å². The maximum atomic E-state index is 13.4. The molecule has 21 heavy (non-hydrogen) atoms. The van der Waals surface area contributed by atoms with Crippen LogP contribution in [0.5, 0.6) is 0 Å². The zero-order valence-corrected chi connectivity index (χ0v) is 12.9. The lowest BCUT2D eigenvalue weighted by atomic mass is 10.0. The normalized spacial score (nSPS) is 19.2. The van der Waals surface area contributed by atoms with Gasteiger partial charge in [0.2, 0.25) is 0 Å². The van der Waals surface area contributed by atoms with E-state index in [-0.39, 0.29) is 16.7 Å². The van der Waals surface area contributed by atoms with Gasteiger partial charge in [-0.1, -0.05) is 23.5 Å². The number of aromatic nitrogens is 1. The van der Waals surface area contributed by atoms with Crippen LogP contribution in [0.25, 0.3) is 0 Å². The van der Waals surface area contributed by atoms with Crippen LogP contribution in [0.3, 0.4) is 0 Å². The minimum absolute atomic E-state index is 0.106. The van der Waals surface area contributed by atoms with E-state index < -0.39 is 0 Å². The first-order chi connectivity index (χ1) is 10.1.